The van der Waals surface area contributed by atoms with Crippen molar-refractivity contribution >= 4 is 28.7 Å². The van der Waals surface area contributed by atoms with Gasteiger partial charge in [0.2, 0.25) is 0 Å². The van der Waals surface area contributed by atoms with Gasteiger partial charge in [-0.05, 0) is 44.6 Å². The lowest BCUT2D eigenvalue weighted by Crippen LogP contribution is -2.33. The fourth-order valence-electron chi connectivity index (χ4n) is 1.93. The Morgan fingerprint density at radius 3 is 2.67 bits per heavy atom. The first-order valence-corrected chi connectivity index (χ1v) is 8.84. The number of benzene rings is 1. The Balaban J connectivity index is 2.66. The van der Waals surface area contributed by atoms with Crippen LogP contribution >= 0.6 is 11.8 Å². The van der Waals surface area contributed by atoms with E-state index in [0.717, 1.165) is 22.8 Å². The number of thioether (sulfide) groups is 1. The molecule has 0 unspecified atom stereocenters. The number of nitrogens with one attached hydrogen (secondary N) is 1. The van der Waals surface area contributed by atoms with Crippen molar-refractivity contribution in [3.8, 4) is 5.75 Å². The van der Waals surface area contributed by atoms with Crippen LogP contribution in [0.3, 0.4) is 0 Å². The largest absolute Gasteiger partial charge is 0.496 e. The van der Waals surface area contributed by atoms with Crippen LogP contribution in [0.2, 0.25) is 0 Å². The first-order valence-electron chi connectivity index (χ1n) is 7.86. The highest BCUT2D eigenvalue weighted by Crippen LogP contribution is 2.26. The van der Waals surface area contributed by atoms with Crippen molar-refractivity contribution in [2.24, 2.45) is 10.7 Å². The first-order chi connectivity index (χ1) is 11.2. The minimum atomic E-state index is -0.502. The van der Waals surface area contributed by atoms with E-state index in [-0.39, 0.29) is 0 Å². The number of rotatable bonds is 6. The fraction of sp³-hybridized carbons (Fsp3) is 0.529. The number of hydrogen-bond acceptors (Lipinski definition) is 5. The molecule has 0 spiro atoms. The van der Waals surface area contributed by atoms with Crippen molar-refractivity contribution in [1.82, 2.24) is 5.32 Å². The second-order valence-electron chi connectivity index (χ2n) is 6.06. The van der Waals surface area contributed by atoms with Gasteiger partial charge in [0.15, 0.2) is 5.17 Å². The average Bonchev–Trinajstić information content (AvgIpc) is 2.46. The second kappa shape index (κ2) is 9.42. The maximum Gasteiger partial charge on any atom is 0.407 e. The third-order valence-corrected chi connectivity index (χ3v) is 3.54. The van der Waals surface area contributed by atoms with Crippen molar-refractivity contribution in [2.75, 3.05) is 19.4 Å². The molecule has 0 aliphatic carbocycles. The standard InChI is InChI=1S/C17H27N3O3S/c1-6-24-15(18)20-13-8-7-12(14(11-13)22-5)9-10-19-16(21)23-17(2,3)4/h7-8,11H,6,9-10H2,1-5H3,(H2,18,20)(H,19,21). The van der Waals surface area contributed by atoms with Gasteiger partial charge in [0.1, 0.15) is 11.4 Å². The minimum absolute atomic E-state index is 0.424. The van der Waals surface area contributed by atoms with E-state index >= 15 is 0 Å². The summed E-state index contributed by atoms with van der Waals surface area (Å²) in [6.07, 6.45) is 0.207. The Labute approximate surface area is 148 Å². The molecular weight excluding hydrogens is 326 g/mol. The summed E-state index contributed by atoms with van der Waals surface area (Å²) in [6, 6.07) is 5.65. The van der Waals surface area contributed by atoms with Crippen LogP contribution in [-0.4, -0.2) is 36.3 Å². The zero-order valence-corrected chi connectivity index (χ0v) is 15.8. The third-order valence-electron chi connectivity index (χ3n) is 2.86. The number of alkyl carbamates (subject to hydrolysis) is 1. The lowest BCUT2D eigenvalue weighted by molar-refractivity contribution is 0.0528. The number of nitrogens with two attached hydrogens (primary N) is 1. The van der Waals surface area contributed by atoms with E-state index in [2.05, 4.69) is 10.3 Å². The predicted molar refractivity (Wildman–Crippen MR) is 100 cm³/mol. The molecule has 0 saturated carbocycles. The number of carbonyl (C=O) groups excluding carboxylic acids is 1. The van der Waals surface area contributed by atoms with Gasteiger partial charge in [-0.1, -0.05) is 24.8 Å². The number of amidine groups is 1. The van der Waals surface area contributed by atoms with E-state index in [9.17, 15) is 4.79 Å². The molecule has 7 heteroatoms. The van der Waals surface area contributed by atoms with Gasteiger partial charge in [0.05, 0.1) is 12.8 Å². The van der Waals surface area contributed by atoms with E-state index < -0.39 is 11.7 Å². The van der Waals surface area contributed by atoms with Crippen LogP contribution in [0.5, 0.6) is 5.75 Å². The fourth-order valence-corrected chi connectivity index (χ4v) is 2.40. The lowest BCUT2D eigenvalue weighted by atomic mass is 10.1. The minimum Gasteiger partial charge on any atom is -0.496 e. The Morgan fingerprint density at radius 1 is 1.38 bits per heavy atom. The molecule has 24 heavy (non-hydrogen) atoms. The van der Waals surface area contributed by atoms with Crippen LogP contribution < -0.4 is 15.8 Å². The molecule has 1 aromatic rings. The Kier molecular flexibility index (Phi) is 7.91. The van der Waals surface area contributed by atoms with E-state index in [1.165, 1.54) is 11.8 Å². The lowest BCUT2D eigenvalue weighted by Gasteiger charge is -2.19. The van der Waals surface area contributed by atoms with E-state index in [1.807, 2.05) is 45.9 Å². The first kappa shape index (κ1) is 20.2. The van der Waals surface area contributed by atoms with Crippen LogP contribution in [0.4, 0.5) is 10.5 Å². The Morgan fingerprint density at radius 2 is 2.08 bits per heavy atom. The summed E-state index contributed by atoms with van der Waals surface area (Å²) in [5.41, 5.74) is 7.04. The van der Waals surface area contributed by atoms with Gasteiger partial charge in [-0.3, -0.25) is 0 Å². The van der Waals surface area contributed by atoms with E-state index in [1.54, 1.807) is 7.11 Å². The number of nitrogens with zero attached hydrogens (tertiary/aromatic N) is 1. The van der Waals surface area contributed by atoms with Gasteiger partial charge in [0, 0.05) is 12.6 Å². The molecule has 0 atom stereocenters. The molecule has 6 nitrogen and oxygen atoms in total. The summed E-state index contributed by atoms with van der Waals surface area (Å²) in [7, 11) is 1.61. The summed E-state index contributed by atoms with van der Waals surface area (Å²) in [5.74, 6) is 1.59. The van der Waals surface area contributed by atoms with Crippen molar-refractivity contribution in [1.29, 1.82) is 0 Å². The number of methoxy groups -OCH3 is 1. The molecule has 0 heterocycles. The quantitative estimate of drug-likeness (QED) is 0.604. The molecule has 0 aliphatic heterocycles. The predicted octanol–water partition coefficient (Wildman–Crippen LogP) is 3.46. The van der Waals surface area contributed by atoms with E-state index in [0.29, 0.717) is 18.1 Å². The number of carbonyl (C=O) groups is 1. The molecule has 0 bridgehead atoms. The van der Waals surface area contributed by atoms with Gasteiger partial charge in [-0.25, -0.2) is 9.79 Å². The van der Waals surface area contributed by atoms with Gasteiger partial charge < -0.3 is 20.5 Å². The number of hydrogen-bond donors (Lipinski definition) is 2. The summed E-state index contributed by atoms with van der Waals surface area (Å²) < 4.78 is 10.6. The summed E-state index contributed by atoms with van der Waals surface area (Å²) in [5, 5.41) is 3.26. The zero-order valence-electron chi connectivity index (χ0n) is 15.0. The highest BCUT2D eigenvalue weighted by atomic mass is 32.2. The molecule has 1 amide bonds. The highest BCUT2D eigenvalue weighted by molar-refractivity contribution is 8.13. The smallest absolute Gasteiger partial charge is 0.407 e. The van der Waals surface area contributed by atoms with Crippen LogP contribution in [0.1, 0.15) is 33.3 Å². The SMILES string of the molecule is CCSC(N)=Nc1ccc(CCNC(=O)OC(C)(C)C)c(OC)c1. The van der Waals surface area contributed by atoms with Crippen LogP contribution in [0.25, 0.3) is 0 Å². The number of ether oxygens (including phenoxy) is 2. The third kappa shape index (κ3) is 7.59. The maximum atomic E-state index is 11.6. The van der Waals surface area contributed by atoms with Gasteiger partial charge in [0.25, 0.3) is 0 Å². The van der Waals surface area contributed by atoms with Crippen molar-refractivity contribution < 1.29 is 14.3 Å². The monoisotopic (exact) mass is 353 g/mol. The summed E-state index contributed by atoms with van der Waals surface area (Å²) in [4.78, 5) is 16.0. The topological polar surface area (TPSA) is 85.9 Å². The molecule has 1 aromatic carbocycles. The van der Waals surface area contributed by atoms with E-state index in [4.69, 9.17) is 15.2 Å². The molecule has 134 valence electrons. The molecule has 0 saturated heterocycles. The maximum absolute atomic E-state index is 11.6. The van der Waals surface area contributed by atoms with Crippen molar-refractivity contribution in [2.45, 2.75) is 39.7 Å². The summed E-state index contributed by atoms with van der Waals surface area (Å²) >= 11 is 1.49. The molecule has 0 fully saturated rings. The highest BCUT2D eigenvalue weighted by Gasteiger charge is 2.15. The van der Waals surface area contributed by atoms with Crippen LogP contribution in [0.15, 0.2) is 23.2 Å². The second-order valence-corrected chi connectivity index (χ2v) is 7.34. The molecule has 0 radical (unpaired) electrons. The van der Waals surface area contributed by atoms with Crippen molar-refractivity contribution in [3.05, 3.63) is 23.8 Å². The molecule has 3 N–H and O–H groups in total. The van der Waals surface area contributed by atoms with Gasteiger partial charge in [-0.15, -0.1) is 0 Å². The van der Waals surface area contributed by atoms with Gasteiger partial charge in [-0.2, -0.15) is 0 Å². The Bertz CT molecular complexity index is 583. The Hall–Kier alpha value is -1.89. The average molecular weight is 353 g/mol. The van der Waals surface area contributed by atoms with Crippen LogP contribution in [0, 0.1) is 0 Å². The summed E-state index contributed by atoms with van der Waals surface area (Å²) in [6.45, 7) is 7.97. The van der Waals surface area contributed by atoms with Crippen molar-refractivity contribution in [3.63, 3.8) is 0 Å². The van der Waals surface area contributed by atoms with Gasteiger partial charge >= 0.3 is 6.09 Å². The number of amides is 1. The molecule has 0 aliphatic rings. The number of aliphatic imine (C=N–C) groups is 1. The molecule has 0 aromatic heterocycles. The molecule has 1 rings (SSSR count). The van der Waals surface area contributed by atoms with Crippen LogP contribution in [-0.2, 0) is 11.2 Å². The zero-order chi connectivity index (χ0) is 18.2. The normalized spacial score (nSPS) is 12.0. The molecular formula is C17H27N3O3S.